The van der Waals surface area contributed by atoms with E-state index in [1.165, 1.54) is 22.2 Å². The highest BCUT2D eigenvalue weighted by Crippen LogP contribution is 2.13. The van der Waals surface area contributed by atoms with Gasteiger partial charge in [-0.1, -0.05) is 0 Å². The normalized spacial score (nSPS) is 17.7. The SMILES string of the molecule is O=C(NCCn1cnc2ccsc2c1=O)NCC1CCCO1. The Morgan fingerprint density at radius 3 is 3.23 bits per heavy atom. The lowest BCUT2D eigenvalue weighted by Gasteiger charge is -2.12. The Labute approximate surface area is 131 Å². The molecular formula is C14H18N4O3S. The van der Waals surface area contributed by atoms with Crippen LogP contribution >= 0.6 is 11.3 Å². The van der Waals surface area contributed by atoms with Gasteiger partial charge in [0, 0.05) is 26.2 Å². The van der Waals surface area contributed by atoms with E-state index in [1.54, 1.807) is 0 Å². The van der Waals surface area contributed by atoms with E-state index in [0.717, 1.165) is 19.4 Å². The van der Waals surface area contributed by atoms with Crippen molar-refractivity contribution in [1.29, 1.82) is 0 Å². The van der Waals surface area contributed by atoms with Crippen LogP contribution in [0.3, 0.4) is 0 Å². The number of nitrogens with zero attached hydrogens (tertiary/aromatic N) is 2. The van der Waals surface area contributed by atoms with Crippen LogP contribution in [0.1, 0.15) is 12.8 Å². The molecule has 118 valence electrons. The number of carbonyl (C=O) groups excluding carboxylic acids is 1. The fraction of sp³-hybridized carbons (Fsp3) is 0.500. The second-order valence-corrected chi connectivity index (χ2v) is 6.07. The van der Waals surface area contributed by atoms with Gasteiger partial charge in [0.15, 0.2) is 0 Å². The van der Waals surface area contributed by atoms with Crippen molar-refractivity contribution in [2.75, 3.05) is 19.7 Å². The molecule has 3 heterocycles. The summed E-state index contributed by atoms with van der Waals surface area (Å²) in [7, 11) is 0. The number of rotatable bonds is 5. The average molecular weight is 322 g/mol. The number of nitrogens with one attached hydrogen (secondary N) is 2. The van der Waals surface area contributed by atoms with Crippen molar-refractivity contribution in [3.05, 3.63) is 28.1 Å². The summed E-state index contributed by atoms with van der Waals surface area (Å²) < 4.78 is 7.59. The molecule has 1 unspecified atom stereocenters. The van der Waals surface area contributed by atoms with E-state index in [9.17, 15) is 9.59 Å². The minimum Gasteiger partial charge on any atom is -0.376 e. The highest BCUT2D eigenvalue weighted by Gasteiger charge is 2.15. The molecule has 1 aliphatic rings. The first-order valence-electron chi connectivity index (χ1n) is 7.30. The first kappa shape index (κ1) is 15.0. The molecule has 3 rings (SSSR count). The van der Waals surface area contributed by atoms with Gasteiger partial charge in [0.25, 0.3) is 5.56 Å². The molecule has 0 aliphatic carbocycles. The van der Waals surface area contributed by atoms with Gasteiger partial charge in [-0.15, -0.1) is 11.3 Å². The van der Waals surface area contributed by atoms with E-state index in [2.05, 4.69) is 15.6 Å². The Kier molecular flexibility index (Phi) is 4.69. The van der Waals surface area contributed by atoms with Crippen molar-refractivity contribution in [1.82, 2.24) is 20.2 Å². The number of urea groups is 1. The lowest BCUT2D eigenvalue weighted by Crippen LogP contribution is -2.41. The Bertz CT molecular complexity index is 705. The monoisotopic (exact) mass is 322 g/mol. The molecule has 1 saturated heterocycles. The summed E-state index contributed by atoms with van der Waals surface area (Å²) in [6, 6.07) is 1.58. The smallest absolute Gasteiger partial charge is 0.314 e. The van der Waals surface area contributed by atoms with Crippen LogP contribution in [0.5, 0.6) is 0 Å². The maximum atomic E-state index is 12.2. The standard InChI is InChI=1S/C14H18N4O3S/c19-13-12-11(3-7-22-12)17-9-18(13)5-4-15-14(20)16-8-10-2-1-6-21-10/h3,7,9-10H,1-2,4-6,8H2,(H2,15,16,20). The zero-order valence-electron chi connectivity index (χ0n) is 12.1. The van der Waals surface area contributed by atoms with Gasteiger partial charge < -0.3 is 15.4 Å². The van der Waals surface area contributed by atoms with E-state index in [1.807, 2.05) is 11.4 Å². The van der Waals surface area contributed by atoms with Crippen LogP contribution in [-0.2, 0) is 11.3 Å². The maximum Gasteiger partial charge on any atom is 0.314 e. The van der Waals surface area contributed by atoms with Crippen molar-refractivity contribution in [3.63, 3.8) is 0 Å². The summed E-state index contributed by atoms with van der Waals surface area (Å²) >= 11 is 1.38. The Morgan fingerprint density at radius 2 is 2.41 bits per heavy atom. The highest BCUT2D eigenvalue weighted by molar-refractivity contribution is 7.17. The van der Waals surface area contributed by atoms with Crippen LogP contribution < -0.4 is 16.2 Å². The van der Waals surface area contributed by atoms with Gasteiger partial charge in [-0.05, 0) is 24.3 Å². The quantitative estimate of drug-likeness (QED) is 0.858. The number of carbonyl (C=O) groups is 1. The summed E-state index contributed by atoms with van der Waals surface area (Å²) in [4.78, 5) is 28.0. The van der Waals surface area contributed by atoms with E-state index in [0.29, 0.717) is 29.9 Å². The minimum atomic E-state index is -0.242. The van der Waals surface area contributed by atoms with Crippen molar-refractivity contribution in [2.24, 2.45) is 0 Å². The summed E-state index contributed by atoms with van der Waals surface area (Å²) in [6.07, 6.45) is 3.68. The zero-order chi connectivity index (χ0) is 15.4. The predicted molar refractivity (Wildman–Crippen MR) is 84.3 cm³/mol. The number of hydrogen-bond donors (Lipinski definition) is 2. The van der Waals surface area contributed by atoms with Crippen LogP contribution in [0.2, 0.25) is 0 Å². The lowest BCUT2D eigenvalue weighted by molar-refractivity contribution is 0.111. The molecule has 7 nitrogen and oxygen atoms in total. The Morgan fingerprint density at radius 1 is 1.50 bits per heavy atom. The molecule has 2 aromatic rings. The summed E-state index contributed by atoms with van der Waals surface area (Å²) in [6.45, 7) is 2.06. The third kappa shape index (κ3) is 3.45. The van der Waals surface area contributed by atoms with Crippen LogP contribution in [0, 0.1) is 0 Å². The molecule has 22 heavy (non-hydrogen) atoms. The molecule has 0 aromatic carbocycles. The molecule has 8 heteroatoms. The fourth-order valence-corrected chi connectivity index (χ4v) is 3.20. The molecule has 1 fully saturated rings. The number of fused-ring (bicyclic) bond motifs is 1. The summed E-state index contributed by atoms with van der Waals surface area (Å²) in [5.41, 5.74) is 0.648. The van der Waals surface area contributed by atoms with Crippen molar-refractivity contribution < 1.29 is 9.53 Å². The van der Waals surface area contributed by atoms with Crippen LogP contribution in [0.4, 0.5) is 4.79 Å². The van der Waals surface area contributed by atoms with E-state index in [4.69, 9.17) is 4.74 Å². The molecule has 2 amide bonds. The van der Waals surface area contributed by atoms with Crippen LogP contribution in [0.15, 0.2) is 22.6 Å². The van der Waals surface area contributed by atoms with Crippen molar-refractivity contribution >= 4 is 27.6 Å². The van der Waals surface area contributed by atoms with Crippen molar-refractivity contribution in [2.45, 2.75) is 25.5 Å². The maximum absolute atomic E-state index is 12.2. The Hall–Kier alpha value is -1.93. The molecule has 0 radical (unpaired) electrons. The molecule has 0 bridgehead atoms. The van der Waals surface area contributed by atoms with E-state index in [-0.39, 0.29) is 17.7 Å². The molecular weight excluding hydrogens is 304 g/mol. The molecule has 0 saturated carbocycles. The third-order valence-electron chi connectivity index (χ3n) is 3.59. The van der Waals surface area contributed by atoms with Gasteiger partial charge in [-0.25, -0.2) is 9.78 Å². The third-order valence-corrected chi connectivity index (χ3v) is 4.48. The van der Waals surface area contributed by atoms with Gasteiger partial charge in [0.05, 0.1) is 17.9 Å². The number of hydrogen-bond acceptors (Lipinski definition) is 5. The second kappa shape index (κ2) is 6.89. The minimum absolute atomic E-state index is 0.0680. The van der Waals surface area contributed by atoms with Gasteiger partial charge in [0.1, 0.15) is 4.70 Å². The number of ether oxygens (including phenoxy) is 1. The zero-order valence-corrected chi connectivity index (χ0v) is 12.9. The summed E-state index contributed by atoms with van der Waals surface area (Å²) in [5, 5.41) is 7.36. The summed E-state index contributed by atoms with van der Waals surface area (Å²) in [5.74, 6) is 0. The molecule has 2 N–H and O–H groups in total. The number of aromatic nitrogens is 2. The number of thiophene rings is 1. The van der Waals surface area contributed by atoms with E-state index >= 15 is 0 Å². The first-order chi connectivity index (χ1) is 10.7. The van der Waals surface area contributed by atoms with Gasteiger partial charge in [0.2, 0.25) is 0 Å². The highest BCUT2D eigenvalue weighted by atomic mass is 32.1. The van der Waals surface area contributed by atoms with E-state index < -0.39 is 0 Å². The van der Waals surface area contributed by atoms with Gasteiger partial charge in [-0.3, -0.25) is 9.36 Å². The average Bonchev–Trinajstić information content (AvgIpc) is 3.18. The Balaban J connectivity index is 1.46. The van der Waals surface area contributed by atoms with Gasteiger partial charge in [-0.2, -0.15) is 0 Å². The molecule has 2 aromatic heterocycles. The lowest BCUT2D eigenvalue weighted by atomic mass is 10.2. The number of amides is 2. The van der Waals surface area contributed by atoms with Crippen LogP contribution in [0.25, 0.3) is 10.2 Å². The molecule has 1 atom stereocenters. The topological polar surface area (TPSA) is 85.2 Å². The van der Waals surface area contributed by atoms with Gasteiger partial charge >= 0.3 is 6.03 Å². The second-order valence-electron chi connectivity index (χ2n) is 5.15. The molecule has 0 spiro atoms. The van der Waals surface area contributed by atoms with Crippen molar-refractivity contribution in [3.8, 4) is 0 Å². The molecule has 1 aliphatic heterocycles. The predicted octanol–water partition coefficient (Wildman–Crippen LogP) is 0.936. The fourth-order valence-electron chi connectivity index (χ4n) is 2.40. The first-order valence-corrected chi connectivity index (χ1v) is 8.18. The van der Waals surface area contributed by atoms with Crippen LogP contribution in [-0.4, -0.2) is 41.4 Å². The largest absolute Gasteiger partial charge is 0.376 e.